The number of pyridine rings is 1. The van der Waals surface area contributed by atoms with Crippen molar-refractivity contribution in [2.75, 3.05) is 32.7 Å². The van der Waals surface area contributed by atoms with Gasteiger partial charge in [0, 0.05) is 80.1 Å². The molecule has 1 amide bonds. The molecular formula is C23H28N6O. The summed E-state index contributed by atoms with van der Waals surface area (Å²) in [6.07, 6.45) is 15.6. The van der Waals surface area contributed by atoms with Crippen molar-refractivity contribution in [3.63, 3.8) is 0 Å². The van der Waals surface area contributed by atoms with Gasteiger partial charge >= 0.3 is 0 Å². The van der Waals surface area contributed by atoms with Crippen LogP contribution >= 0.6 is 0 Å². The third-order valence-corrected chi connectivity index (χ3v) is 5.58. The molecule has 1 fully saturated rings. The fourth-order valence-corrected chi connectivity index (χ4v) is 3.93. The average Bonchev–Trinajstić information content (AvgIpc) is 3.30. The van der Waals surface area contributed by atoms with Crippen LogP contribution in [0.4, 0.5) is 0 Å². The zero-order chi connectivity index (χ0) is 20.8. The number of aromatic amines is 1. The first-order valence-electron chi connectivity index (χ1n) is 10.4. The highest BCUT2D eigenvalue weighted by molar-refractivity contribution is 5.94. The van der Waals surface area contributed by atoms with E-state index >= 15 is 0 Å². The molecular weight excluding hydrogens is 376 g/mol. The van der Waals surface area contributed by atoms with E-state index in [-0.39, 0.29) is 5.91 Å². The van der Waals surface area contributed by atoms with Gasteiger partial charge in [0.1, 0.15) is 0 Å². The summed E-state index contributed by atoms with van der Waals surface area (Å²) in [5.74, 6) is 0.166. The Morgan fingerprint density at radius 1 is 1.30 bits per heavy atom. The van der Waals surface area contributed by atoms with Gasteiger partial charge in [-0.05, 0) is 30.2 Å². The lowest BCUT2D eigenvalue weighted by atomic mass is 9.92. The van der Waals surface area contributed by atoms with E-state index in [9.17, 15) is 4.79 Å². The first-order valence-corrected chi connectivity index (χ1v) is 10.4. The van der Waals surface area contributed by atoms with E-state index in [4.69, 9.17) is 0 Å². The van der Waals surface area contributed by atoms with E-state index in [1.165, 1.54) is 5.57 Å². The predicted octanol–water partition coefficient (Wildman–Crippen LogP) is 2.36. The van der Waals surface area contributed by atoms with Crippen molar-refractivity contribution < 1.29 is 4.79 Å². The Morgan fingerprint density at radius 3 is 2.93 bits per heavy atom. The van der Waals surface area contributed by atoms with Crippen LogP contribution in [0.3, 0.4) is 0 Å². The average molecular weight is 405 g/mol. The molecule has 1 aliphatic heterocycles. The Bertz CT molecular complexity index is 954. The van der Waals surface area contributed by atoms with E-state index in [1.54, 1.807) is 30.7 Å². The van der Waals surface area contributed by atoms with Gasteiger partial charge in [-0.3, -0.25) is 19.8 Å². The Hall–Kier alpha value is -3.03. The maximum absolute atomic E-state index is 12.5. The normalized spacial score (nSPS) is 20.1. The third-order valence-electron chi connectivity index (χ3n) is 5.58. The number of nitrogens with zero attached hydrogens (tertiary/aromatic N) is 3. The van der Waals surface area contributed by atoms with Crippen molar-refractivity contribution in [2.45, 2.75) is 13.3 Å². The molecule has 1 atom stereocenters. The first-order chi connectivity index (χ1) is 14.7. The molecule has 2 aromatic heterocycles. The maximum atomic E-state index is 12.5. The number of H-pyrrole nitrogens is 1. The van der Waals surface area contributed by atoms with Crippen LogP contribution in [0.1, 0.15) is 18.9 Å². The summed E-state index contributed by atoms with van der Waals surface area (Å²) in [6.45, 7) is 7.50. The zero-order valence-electron chi connectivity index (χ0n) is 17.3. The second-order valence-corrected chi connectivity index (χ2v) is 7.85. The van der Waals surface area contributed by atoms with Gasteiger partial charge in [0.25, 0.3) is 0 Å². The number of carbonyl (C=O) groups is 1. The quantitative estimate of drug-likeness (QED) is 0.644. The topological polar surface area (TPSA) is 85.9 Å². The Morgan fingerprint density at radius 2 is 2.17 bits per heavy atom. The molecule has 1 aliphatic carbocycles. The Labute approximate surface area is 177 Å². The standard InChI is InChI=1S/C23H28N6O/c1-17-12-18(16-29-10-8-24-9-11-29)2-4-22(17)28-23(30)5-3-19-13-25-7-6-21(19)20-14-26-27-15-20/h2-7,13-15,17,24H,8-12,16H2,1H3,(H,26,27)(H,28,30)/b5-3+. The predicted molar refractivity (Wildman–Crippen MR) is 118 cm³/mol. The van der Waals surface area contributed by atoms with Crippen molar-refractivity contribution in [3.8, 4) is 11.1 Å². The van der Waals surface area contributed by atoms with Gasteiger partial charge in [0.2, 0.25) is 5.91 Å². The number of piperazine rings is 1. The lowest BCUT2D eigenvalue weighted by molar-refractivity contribution is -0.115. The molecule has 2 aliphatic rings. The molecule has 0 saturated carbocycles. The van der Waals surface area contributed by atoms with Gasteiger partial charge in [0.05, 0.1) is 6.20 Å². The molecule has 7 nitrogen and oxygen atoms in total. The molecule has 3 heterocycles. The molecule has 0 spiro atoms. The van der Waals surface area contributed by atoms with Gasteiger partial charge in [0.15, 0.2) is 0 Å². The number of nitrogens with one attached hydrogen (secondary N) is 3. The highest BCUT2D eigenvalue weighted by Gasteiger charge is 2.19. The molecule has 4 rings (SSSR count). The molecule has 0 bridgehead atoms. The first kappa shape index (κ1) is 20.3. The summed E-state index contributed by atoms with van der Waals surface area (Å²) < 4.78 is 0. The molecule has 1 unspecified atom stereocenters. The number of hydrogen-bond donors (Lipinski definition) is 3. The molecule has 7 heteroatoms. The summed E-state index contributed by atoms with van der Waals surface area (Å²) in [4.78, 5) is 19.2. The van der Waals surface area contributed by atoms with Gasteiger partial charge < -0.3 is 10.6 Å². The van der Waals surface area contributed by atoms with Crippen LogP contribution in [0.15, 0.2) is 60.4 Å². The third kappa shape index (κ3) is 5.11. The van der Waals surface area contributed by atoms with E-state index in [0.29, 0.717) is 5.92 Å². The second kappa shape index (κ2) is 9.65. The monoisotopic (exact) mass is 404 g/mol. The van der Waals surface area contributed by atoms with Gasteiger partial charge in [-0.25, -0.2) is 0 Å². The maximum Gasteiger partial charge on any atom is 0.248 e. The summed E-state index contributed by atoms with van der Waals surface area (Å²) >= 11 is 0. The van der Waals surface area contributed by atoms with E-state index in [2.05, 4.69) is 49.8 Å². The molecule has 0 aromatic carbocycles. The summed E-state index contributed by atoms with van der Waals surface area (Å²) in [7, 11) is 0. The van der Waals surface area contributed by atoms with Gasteiger partial charge in [-0.1, -0.05) is 18.6 Å². The fraction of sp³-hybridized carbons (Fsp3) is 0.348. The van der Waals surface area contributed by atoms with E-state index < -0.39 is 0 Å². The molecule has 30 heavy (non-hydrogen) atoms. The SMILES string of the molecule is CC1CC(CN2CCNCC2)=CC=C1NC(=O)/C=C/c1cnccc1-c1cn[nH]c1. The van der Waals surface area contributed by atoms with E-state index in [1.807, 2.05) is 12.3 Å². The fourth-order valence-electron chi connectivity index (χ4n) is 3.93. The minimum Gasteiger partial charge on any atom is -0.326 e. The number of rotatable bonds is 6. The number of allylic oxidation sites excluding steroid dienone is 3. The zero-order valence-corrected chi connectivity index (χ0v) is 17.3. The van der Waals surface area contributed by atoms with Crippen LogP contribution in [0.25, 0.3) is 17.2 Å². The second-order valence-electron chi connectivity index (χ2n) is 7.85. The lowest BCUT2D eigenvalue weighted by Crippen LogP contribution is -2.44. The molecule has 156 valence electrons. The Balaban J connectivity index is 1.38. The molecule has 3 N–H and O–H groups in total. The summed E-state index contributed by atoms with van der Waals surface area (Å²) in [5, 5.41) is 13.2. The number of aromatic nitrogens is 3. The van der Waals surface area contributed by atoms with Crippen molar-refractivity contribution >= 4 is 12.0 Å². The van der Waals surface area contributed by atoms with Gasteiger partial charge in [-0.2, -0.15) is 5.10 Å². The highest BCUT2D eigenvalue weighted by Crippen LogP contribution is 2.25. The number of carbonyl (C=O) groups excluding carboxylic acids is 1. The highest BCUT2D eigenvalue weighted by atomic mass is 16.1. The lowest BCUT2D eigenvalue weighted by Gasteiger charge is -2.30. The number of hydrogen-bond acceptors (Lipinski definition) is 5. The largest absolute Gasteiger partial charge is 0.326 e. The van der Waals surface area contributed by atoms with Crippen LogP contribution in [0.5, 0.6) is 0 Å². The summed E-state index contributed by atoms with van der Waals surface area (Å²) in [5.41, 5.74) is 5.21. The van der Waals surface area contributed by atoms with Crippen LogP contribution in [0.2, 0.25) is 0 Å². The molecule has 1 saturated heterocycles. The smallest absolute Gasteiger partial charge is 0.248 e. The molecule has 2 aromatic rings. The minimum absolute atomic E-state index is 0.131. The van der Waals surface area contributed by atoms with Crippen molar-refractivity contribution in [1.82, 2.24) is 30.7 Å². The van der Waals surface area contributed by atoms with Crippen LogP contribution in [-0.4, -0.2) is 58.7 Å². The van der Waals surface area contributed by atoms with Crippen LogP contribution < -0.4 is 10.6 Å². The van der Waals surface area contributed by atoms with Crippen molar-refractivity contribution in [3.05, 3.63) is 65.9 Å². The van der Waals surface area contributed by atoms with E-state index in [0.717, 1.165) is 61.5 Å². The molecule has 0 radical (unpaired) electrons. The minimum atomic E-state index is -0.131. The number of amides is 1. The van der Waals surface area contributed by atoms with Crippen molar-refractivity contribution in [1.29, 1.82) is 0 Å². The Kier molecular flexibility index (Phi) is 6.51. The van der Waals surface area contributed by atoms with Crippen LogP contribution in [-0.2, 0) is 4.79 Å². The van der Waals surface area contributed by atoms with Crippen molar-refractivity contribution in [2.24, 2.45) is 5.92 Å². The summed E-state index contributed by atoms with van der Waals surface area (Å²) in [6, 6.07) is 1.92. The van der Waals surface area contributed by atoms with Crippen LogP contribution in [0, 0.1) is 5.92 Å². The van der Waals surface area contributed by atoms with Gasteiger partial charge in [-0.15, -0.1) is 0 Å².